The number of nitrogens with zero attached hydrogens (tertiary/aromatic N) is 2. The number of ether oxygens (including phenoxy) is 1. The number of hydrogen-bond acceptors (Lipinski definition) is 4. The van der Waals surface area contributed by atoms with E-state index in [1.54, 1.807) is 4.90 Å². The van der Waals surface area contributed by atoms with E-state index in [0.29, 0.717) is 25.2 Å². The minimum Gasteiger partial charge on any atom is -0.379 e. The van der Waals surface area contributed by atoms with Crippen LogP contribution >= 0.6 is 0 Å². The third kappa shape index (κ3) is 5.74. The van der Waals surface area contributed by atoms with Crippen molar-refractivity contribution >= 4 is 11.8 Å². The monoisotopic (exact) mass is 377 g/mol. The van der Waals surface area contributed by atoms with Crippen LogP contribution < -0.4 is 5.32 Å². The molecule has 2 fully saturated rings. The molecular formula is C20H28FN3O3. The molecule has 6 nitrogen and oxygen atoms in total. The van der Waals surface area contributed by atoms with E-state index in [1.807, 2.05) is 0 Å². The van der Waals surface area contributed by atoms with Gasteiger partial charge in [-0.05, 0) is 50.1 Å². The molecule has 2 aliphatic heterocycles. The lowest BCUT2D eigenvalue weighted by atomic mass is 9.96. The number of carbonyl (C=O) groups is 2. The molecule has 0 bridgehead atoms. The Labute approximate surface area is 159 Å². The number of benzene rings is 1. The maximum Gasteiger partial charge on any atom is 0.253 e. The molecule has 2 aliphatic rings. The lowest BCUT2D eigenvalue weighted by Gasteiger charge is -2.32. The van der Waals surface area contributed by atoms with Crippen LogP contribution in [0.4, 0.5) is 4.39 Å². The highest BCUT2D eigenvalue weighted by molar-refractivity contribution is 5.94. The topological polar surface area (TPSA) is 61.9 Å². The molecule has 1 N–H and O–H groups in total. The zero-order valence-corrected chi connectivity index (χ0v) is 15.7. The highest BCUT2D eigenvalue weighted by Gasteiger charge is 2.28. The average Bonchev–Trinajstić information content (AvgIpc) is 2.72. The first-order chi connectivity index (χ1) is 13.1. The summed E-state index contributed by atoms with van der Waals surface area (Å²) in [5.41, 5.74) is 0.461. The van der Waals surface area contributed by atoms with Crippen molar-refractivity contribution in [2.75, 3.05) is 52.5 Å². The lowest BCUT2D eigenvalue weighted by molar-refractivity contribution is -0.126. The van der Waals surface area contributed by atoms with Gasteiger partial charge in [-0.3, -0.25) is 14.5 Å². The minimum atomic E-state index is -0.362. The van der Waals surface area contributed by atoms with E-state index in [2.05, 4.69) is 10.2 Å². The first-order valence-corrected chi connectivity index (χ1v) is 9.76. The molecule has 1 aromatic carbocycles. The molecule has 1 atom stereocenters. The Morgan fingerprint density at radius 3 is 2.63 bits per heavy atom. The number of likely N-dealkylation sites (tertiary alicyclic amines) is 1. The van der Waals surface area contributed by atoms with Crippen LogP contribution in [-0.4, -0.2) is 74.1 Å². The summed E-state index contributed by atoms with van der Waals surface area (Å²) in [5, 5.41) is 3.01. The quantitative estimate of drug-likeness (QED) is 0.764. The average molecular weight is 377 g/mol. The summed E-state index contributed by atoms with van der Waals surface area (Å²) in [6.45, 7) is 6.15. The van der Waals surface area contributed by atoms with E-state index in [1.165, 1.54) is 24.3 Å². The van der Waals surface area contributed by atoms with Crippen molar-refractivity contribution in [3.63, 3.8) is 0 Å². The Morgan fingerprint density at radius 1 is 1.15 bits per heavy atom. The van der Waals surface area contributed by atoms with Crippen LogP contribution in [0, 0.1) is 11.7 Å². The van der Waals surface area contributed by atoms with Gasteiger partial charge in [-0.2, -0.15) is 0 Å². The molecule has 27 heavy (non-hydrogen) atoms. The minimum absolute atomic E-state index is 0.0218. The van der Waals surface area contributed by atoms with Gasteiger partial charge in [-0.1, -0.05) is 0 Å². The van der Waals surface area contributed by atoms with Crippen LogP contribution in [0.2, 0.25) is 0 Å². The number of rotatable bonds is 6. The second kappa shape index (κ2) is 9.80. The van der Waals surface area contributed by atoms with Crippen molar-refractivity contribution in [2.24, 2.45) is 5.92 Å². The molecule has 3 rings (SSSR count). The van der Waals surface area contributed by atoms with Crippen LogP contribution in [-0.2, 0) is 9.53 Å². The first kappa shape index (κ1) is 19.8. The molecule has 2 amide bonds. The van der Waals surface area contributed by atoms with Gasteiger partial charge in [0.1, 0.15) is 5.82 Å². The molecule has 1 aromatic rings. The summed E-state index contributed by atoms with van der Waals surface area (Å²) in [6, 6.07) is 5.56. The van der Waals surface area contributed by atoms with Gasteiger partial charge in [-0.25, -0.2) is 4.39 Å². The zero-order valence-electron chi connectivity index (χ0n) is 15.7. The van der Waals surface area contributed by atoms with Crippen molar-refractivity contribution in [3.05, 3.63) is 35.6 Å². The molecule has 1 unspecified atom stereocenters. The molecule has 2 heterocycles. The van der Waals surface area contributed by atoms with Gasteiger partial charge in [0.25, 0.3) is 5.91 Å². The predicted molar refractivity (Wildman–Crippen MR) is 99.9 cm³/mol. The summed E-state index contributed by atoms with van der Waals surface area (Å²) in [6.07, 6.45) is 2.51. The van der Waals surface area contributed by atoms with Crippen molar-refractivity contribution in [2.45, 2.75) is 19.3 Å². The molecule has 148 valence electrons. The van der Waals surface area contributed by atoms with E-state index in [-0.39, 0.29) is 23.5 Å². The van der Waals surface area contributed by atoms with Crippen LogP contribution in [0.15, 0.2) is 24.3 Å². The Morgan fingerprint density at radius 2 is 1.89 bits per heavy atom. The van der Waals surface area contributed by atoms with Crippen LogP contribution in [0.5, 0.6) is 0 Å². The number of carbonyl (C=O) groups excluding carboxylic acids is 2. The molecule has 0 aromatic heterocycles. The van der Waals surface area contributed by atoms with Gasteiger partial charge in [0.2, 0.25) is 5.91 Å². The number of hydrogen-bond donors (Lipinski definition) is 1. The third-order valence-corrected chi connectivity index (χ3v) is 5.22. The maximum atomic E-state index is 13.0. The second-order valence-corrected chi connectivity index (χ2v) is 7.20. The Kier molecular flexibility index (Phi) is 7.18. The van der Waals surface area contributed by atoms with Gasteiger partial charge in [-0.15, -0.1) is 0 Å². The molecule has 2 saturated heterocycles. The van der Waals surface area contributed by atoms with Crippen molar-refractivity contribution in [1.29, 1.82) is 0 Å². The summed E-state index contributed by atoms with van der Waals surface area (Å²) < 4.78 is 18.4. The van der Waals surface area contributed by atoms with Crippen LogP contribution in [0.3, 0.4) is 0 Å². The van der Waals surface area contributed by atoms with Gasteiger partial charge in [0.05, 0.1) is 19.1 Å². The van der Waals surface area contributed by atoms with Crippen molar-refractivity contribution in [3.8, 4) is 0 Å². The molecule has 7 heteroatoms. The van der Waals surface area contributed by atoms with E-state index in [0.717, 1.165) is 52.1 Å². The first-order valence-electron chi connectivity index (χ1n) is 9.76. The normalized spacial score (nSPS) is 21.1. The maximum absolute atomic E-state index is 13.0. The molecule has 0 spiro atoms. The molecular weight excluding hydrogens is 349 g/mol. The number of nitrogens with one attached hydrogen (secondary N) is 1. The second-order valence-electron chi connectivity index (χ2n) is 7.20. The van der Waals surface area contributed by atoms with Gasteiger partial charge < -0.3 is 15.0 Å². The standard InChI is InChI=1S/C20H28FN3O3/c21-18-6-4-16(5-7-18)20(26)24-10-1-3-17(15-24)19(25)22-8-2-9-23-11-13-27-14-12-23/h4-7,17H,1-3,8-15H2,(H,22,25). The SMILES string of the molecule is O=C(NCCCN1CCOCC1)C1CCCN(C(=O)c2ccc(F)cc2)C1. The highest BCUT2D eigenvalue weighted by atomic mass is 19.1. The fourth-order valence-electron chi connectivity index (χ4n) is 3.63. The molecule has 0 aliphatic carbocycles. The number of amides is 2. The van der Waals surface area contributed by atoms with Crippen molar-refractivity contribution < 1.29 is 18.7 Å². The number of piperidine rings is 1. The number of morpholine rings is 1. The summed E-state index contributed by atoms with van der Waals surface area (Å²) in [5.74, 6) is -0.653. The van der Waals surface area contributed by atoms with E-state index in [9.17, 15) is 14.0 Å². The molecule has 0 radical (unpaired) electrons. The Balaban J connectivity index is 1.42. The molecule has 0 saturated carbocycles. The fourth-order valence-corrected chi connectivity index (χ4v) is 3.63. The van der Waals surface area contributed by atoms with E-state index in [4.69, 9.17) is 4.74 Å². The fraction of sp³-hybridized carbons (Fsp3) is 0.600. The van der Waals surface area contributed by atoms with Gasteiger partial charge in [0.15, 0.2) is 0 Å². The van der Waals surface area contributed by atoms with Crippen molar-refractivity contribution in [1.82, 2.24) is 15.1 Å². The Bertz CT molecular complexity index is 632. The number of halogens is 1. The van der Waals surface area contributed by atoms with E-state index < -0.39 is 0 Å². The van der Waals surface area contributed by atoms with Crippen LogP contribution in [0.1, 0.15) is 29.6 Å². The van der Waals surface area contributed by atoms with Crippen LogP contribution in [0.25, 0.3) is 0 Å². The predicted octanol–water partition coefficient (Wildman–Crippen LogP) is 1.52. The largest absolute Gasteiger partial charge is 0.379 e. The summed E-state index contributed by atoms with van der Waals surface area (Å²) in [4.78, 5) is 29.1. The highest BCUT2D eigenvalue weighted by Crippen LogP contribution is 2.19. The Hall–Kier alpha value is -1.99. The third-order valence-electron chi connectivity index (χ3n) is 5.22. The lowest BCUT2D eigenvalue weighted by Crippen LogP contribution is -2.46. The smallest absolute Gasteiger partial charge is 0.253 e. The summed E-state index contributed by atoms with van der Waals surface area (Å²) in [7, 11) is 0. The zero-order chi connectivity index (χ0) is 19.1. The van der Waals surface area contributed by atoms with E-state index >= 15 is 0 Å². The van der Waals surface area contributed by atoms with Gasteiger partial charge >= 0.3 is 0 Å². The van der Waals surface area contributed by atoms with Gasteiger partial charge in [0, 0.05) is 38.3 Å². The summed E-state index contributed by atoms with van der Waals surface area (Å²) >= 11 is 0.